The number of benzene rings is 4. The monoisotopic (exact) mass is 320 g/mol. The molecule has 0 saturated carbocycles. The third-order valence-corrected chi connectivity index (χ3v) is 3.93. The average molecular weight is 320 g/mol. The van der Waals surface area contributed by atoms with E-state index in [1.165, 1.54) is 10.8 Å². The summed E-state index contributed by atoms with van der Waals surface area (Å²) in [7, 11) is 0. The molecule has 1 heteroatoms. The van der Waals surface area contributed by atoms with Gasteiger partial charge in [0.2, 0.25) is 0 Å². The minimum Gasteiger partial charge on any atom is -0.457 e. The Morgan fingerprint density at radius 3 is 1.88 bits per heavy atom. The molecule has 0 N–H and O–H groups in total. The molecule has 1 nitrogen and oxygen atoms in total. The predicted octanol–water partition coefficient (Wildman–Crippen LogP) is 6.03. The molecular weight excluding hydrogens is 304 g/mol. The molecule has 0 atom stereocenters. The standard InChI is InChI=1S/C24H16O/c1-2-8-23(9-3-1)25-24-16-13-19(14-17-24)10-11-20-12-15-21-6-4-5-7-22(21)18-20/h1-9,12-18H. The Labute approximate surface area is 147 Å². The first-order valence-electron chi connectivity index (χ1n) is 8.21. The van der Waals surface area contributed by atoms with Crippen LogP contribution in [0.1, 0.15) is 11.1 Å². The van der Waals surface area contributed by atoms with Gasteiger partial charge in [0, 0.05) is 11.1 Å². The lowest BCUT2D eigenvalue weighted by Gasteiger charge is -2.04. The van der Waals surface area contributed by atoms with Gasteiger partial charge in [0.05, 0.1) is 0 Å². The molecule has 4 aromatic rings. The molecule has 0 aliphatic carbocycles. The largest absolute Gasteiger partial charge is 0.457 e. The molecule has 0 aromatic heterocycles. The quantitative estimate of drug-likeness (QED) is 0.410. The summed E-state index contributed by atoms with van der Waals surface area (Å²) in [4.78, 5) is 0. The lowest BCUT2D eigenvalue weighted by atomic mass is 10.1. The van der Waals surface area contributed by atoms with Gasteiger partial charge in [-0.1, -0.05) is 60.4 Å². The molecule has 0 aliphatic rings. The molecule has 0 amide bonds. The first-order chi connectivity index (χ1) is 12.4. The van der Waals surface area contributed by atoms with Gasteiger partial charge < -0.3 is 4.74 Å². The Kier molecular flexibility index (Phi) is 4.18. The van der Waals surface area contributed by atoms with Gasteiger partial charge in [0.25, 0.3) is 0 Å². The average Bonchev–Trinajstić information content (AvgIpc) is 2.68. The van der Waals surface area contributed by atoms with Crippen molar-refractivity contribution in [2.24, 2.45) is 0 Å². The van der Waals surface area contributed by atoms with E-state index in [0.29, 0.717) is 0 Å². The van der Waals surface area contributed by atoms with Gasteiger partial charge in [-0.25, -0.2) is 0 Å². The van der Waals surface area contributed by atoms with E-state index in [0.717, 1.165) is 22.6 Å². The fourth-order valence-electron chi connectivity index (χ4n) is 2.64. The zero-order chi connectivity index (χ0) is 16.9. The second-order valence-corrected chi connectivity index (χ2v) is 5.75. The SMILES string of the molecule is C(#Cc1ccc2ccccc2c1)c1ccc(Oc2ccccc2)cc1. The van der Waals surface area contributed by atoms with Crippen LogP contribution in [0.2, 0.25) is 0 Å². The van der Waals surface area contributed by atoms with Gasteiger partial charge in [0.1, 0.15) is 11.5 Å². The van der Waals surface area contributed by atoms with Crippen molar-refractivity contribution in [3.63, 3.8) is 0 Å². The molecule has 0 unspecified atom stereocenters. The number of para-hydroxylation sites is 1. The summed E-state index contributed by atoms with van der Waals surface area (Å²) in [5, 5.41) is 2.44. The molecule has 118 valence electrons. The van der Waals surface area contributed by atoms with Gasteiger partial charge in [-0.2, -0.15) is 0 Å². The van der Waals surface area contributed by atoms with Crippen molar-refractivity contribution < 1.29 is 4.74 Å². The number of fused-ring (bicyclic) bond motifs is 1. The minimum absolute atomic E-state index is 0.808. The van der Waals surface area contributed by atoms with E-state index in [9.17, 15) is 0 Å². The van der Waals surface area contributed by atoms with E-state index in [-0.39, 0.29) is 0 Å². The highest BCUT2D eigenvalue weighted by atomic mass is 16.5. The summed E-state index contributed by atoms with van der Waals surface area (Å²) >= 11 is 0. The van der Waals surface area contributed by atoms with Crippen molar-refractivity contribution in [3.05, 3.63) is 108 Å². The molecule has 0 saturated heterocycles. The lowest BCUT2D eigenvalue weighted by molar-refractivity contribution is 0.482. The van der Waals surface area contributed by atoms with Gasteiger partial charge in [-0.3, -0.25) is 0 Å². The third-order valence-electron chi connectivity index (χ3n) is 3.93. The summed E-state index contributed by atoms with van der Waals surface area (Å²) in [6, 6.07) is 32.2. The van der Waals surface area contributed by atoms with Gasteiger partial charge in [-0.15, -0.1) is 0 Å². The number of rotatable bonds is 2. The second-order valence-electron chi connectivity index (χ2n) is 5.75. The summed E-state index contributed by atoms with van der Waals surface area (Å²) < 4.78 is 5.80. The van der Waals surface area contributed by atoms with Crippen molar-refractivity contribution in [2.75, 3.05) is 0 Å². The van der Waals surface area contributed by atoms with Crippen LogP contribution in [0.15, 0.2) is 97.1 Å². The van der Waals surface area contributed by atoms with Gasteiger partial charge >= 0.3 is 0 Å². The number of hydrogen-bond donors (Lipinski definition) is 0. The molecule has 0 fully saturated rings. The van der Waals surface area contributed by atoms with Crippen LogP contribution in [0.4, 0.5) is 0 Å². The molecule has 25 heavy (non-hydrogen) atoms. The van der Waals surface area contributed by atoms with Crippen molar-refractivity contribution >= 4 is 10.8 Å². The fourth-order valence-corrected chi connectivity index (χ4v) is 2.64. The van der Waals surface area contributed by atoms with E-state index in [1.54, 1.807) is 0 Å². The van der Waals surface area contributed by atoms with Crippen molar-refractivity contribution in [3.8, 4) is 23.3 Å². The van der Waals surface area contributed by atoms with Crippen LogP contribution < -0.4 is 4.74 Å². The fraction of sp³-hybridized carbons (Fsp3) is 0. The van der Waals surface area contributed by atoms with Gasteiger partial charge in [-0.05, 0) is 59.3 Å². The Hall–Kier alpha value is -3.50. The molecule has 0 radical (unpaired) electrons. The summed E-state index contributed by atoms with van der Waals surface area (Å²) in [5.41, 5.74) is 1.98. The van der Waals surface area contributed by atoms with Crippen molar-refractivity contribution in [1.82, 2.24) is 0 Å². The topological polar surface area (TPSA) is 9.23 Å². The van der Waals surface area contributed by atoms with E-state index in [2.05, 4.69) is 42.2 Å². The smallest absolute Gasteiger partial charge is 0.127 e. The highest BCUT2D eigenvalue weighted by Gasteiger charge is 1.96. The zero-order valence-corrected chi connectivity index (χ0v) is 13.6. The van der Waals surface area contributed by atoms with Crippen LogP contribution >= 0.6 is 0 Å². The maximum atomic E-state index is 5.80. The zero-order valence-electron chi connectivity index (χ0n) is 13.6. The van der Waals surface area contributed by atoms with E-state index >= 15 is 0 Å². The molecule has 4 aromatic carbocycles. The molecule has 0 heterocycles. The van der Waals surface area contributed by atoms with Crippen molar-refractivity contribution in [1.29, 1.82) is 0 Å². The first-order valence-corrected chi connectivity index (χ1v) is 8.21. The van der Waals surface area contributed by atoms with Crippen molar-refractivity contribution in [2.45, 2.75) is 0 Å². The summed E-state index contributed by atoms with van der Waals surface area (Å²) in [6.45, 7) is 0. The van der Waals surface area contributed by atoms with E-state index < -0.39 is 0 Å². The molecular formula is C24H16O. The second kappa shape index (κ2) is 6.95. The molecule has 0 spiro atoms. The highest BCUT2D eigenvalue weighted by molar-refractivity contribution is 5.83. The normalized spacial score (nSPS) is 10.1. The Bertz CT molecular complexity index is 1050. The summed E-state index contributed by atoms with van der Waals surface area (Å²) in [5.74, 6) is 8.08. The molecule has 0 bridgehead atoms. The maximum absolute atomic E-state index is 5.80. The summed E-state index contributed by atoms with van der Waals surface area (Å²) in [6.07, 6.45) is 0. The van der Waals surface area contributed by atoms with Crippen LogP contribution in [-0.2, 0) is 0 Å². The van der Waals surface area contributed by atoms with Crippen LogP contribution in [0, 0.1) is 11.8 Å². The van der Waals surface area contributed by atoms with Gasteiger partial charge in [0.15, 0.2) is 0 Å². The first kappa shape index (κ1) is 15.1. The molecule has 0 aliphatic heterocycles. The Balaban J connectivity index is 1.52. The lowest BCUT2D eigenvalue weighted by Crippen LogP contribution is -1.83. The molecule has 4 rings (SSSR count). The minimum atomic E-state index is 0.808. The highest BCUT2D eigenvalue weighted by Crippen LogP contribution is 2.21. The van der Waals surface area contributed by atoms with Crippen LogP contribution in [-0.4, -0.2) is 0 Å². The predicted molar refractivity (Wildman–Crippen MR) is 103 cm³/mol. The van der Waals surface area contributed by atoms with Crippen LogP contribution in [0.3, 0.4) is 0 Å². The van der Waals surface area contributed by atoms with E-state index in [4.69, 9.17) is 4.74 Å². The Morgan fingerprint density at radius 1 is 0.480 bits per heavy atom. The maximum Gasteiger partial charge on any atom is 0.127 e. The number of ether oxygens (including phenoxy) is 1. The Morgan fingerprint density at radius 2 is 1.08 bits per heavy atom. The third kappa shape index (κ3) is 3.71. The van der Waals surface area contributed by atoms with E-state index in [1.807, 2.05) is 66.7 Å². The van der Waals surface area contributed by atoms with Crippen LogP contribution in [0.5, 0.6) is 11.5 Å². The number of hydrogen-bond acceptors (Lipinski definition) is 1. The van der Waals surface area contributed by atoms with Crippen LogP contribution in [0.25, 0.3) is 10.8 Å².